The molecule has 4 heterocycles. The van der Waals surface area contributed by atoms with E-state index in [0.717, 1.165) is 30.2 Å². The average Bonchev–Trinajstić information content (AvgIpc) is 3.22. The first-order valence-corrected chi connectivity index (χ1v) is 10.4. The third-order valence-electron chi connectivity index (χ3n) is 5.25. The number of carboxylic acid groups (broad SMARTS) is 2. The molecule has 154 valence electrons. The van der Waals surface area contributed by atoms with Gasteiger partial charge in [-0.15, -0.1) is 10.2 Å². The standard InChI is InChI=1S/C16H20N4S.C4H4O4/c1-19-13-3-2-4-14(19)10-20(9-13)16-6-5-15(17-18-16)12-7-8-21-11-12;5-3(6)1-2-4(7)8/h5-8,11,13-14H,2-4,9-10H2,1H3;1-2H,(H,5,6)(H,7,8)/b;2-1+. The molecule has 2 N–H and O–H groups in total. The molecule has 9 heteroatoms. The molecule has 0 aromatic carbocycles. The molecular formula is C20H24N4O4S. The quantitative estimate of drug-likeness (QED) is 0.733. The number of carboxylic acids is 2. The number of thiophene rings is 1. The van der Waals surface area contributed by atoms with Crippen molar-refractivity contribution in [2.75, 3.05) is 25.0 Å². The summed E-state index contributed by atoms with van der Waals surface area (Å²) in [6.07, 6.45) is 5.11. The summed E-state index contributed by atoms with van der Waals surface area (Å²) >= 11 is 1.69. The molecule has 0 aliphatic carbocycles. The highest BCUT2D eigenvalue weighted by atomic mass is 32.1. The van der Waals surface area contributed by atoms with E-state index in [2.05, 4.69) is 56.0 Å². The van der Waals surface area contributed by atoms with Gasteiger partial charge in [-0.2, -0.15) is 11.3 Å². The van der Waals surface area contributed by atoms with E-state index >= 15 is 0 Å². The fourth-order valence-corrected chi connectivity index (χ4v) is 4.36. The Labute approximate surface area is 173 Å². The van der Waals surface area contributed by atoms with Crippen LogP contribution in [0.25, 0.3) is 11.3 Å². The molecule has 0 radical (unpaired) electrons. The lowest BCUT2D eigenvalue weighted by Gasteiger charge is -2.48. The molecule has 2 aliphatic rings. The normalized spacial score (nSPS) is 21.5. The van der Waals surface area contributed by atoms with Gasteiger partial charge in [-0.05, 0) is 43.5 Å². The number of piperidine rings is 1. The second kappa shape index (κ2) is 9.62. The van der Waals surface area contributed by atoms with E-state index in [1.807, 2.05) is 0 Å². The predicted octanol–water partition coefficient (Wildman–Crippen LogP) is 2.59. The van der Waals surface area contributed by atoms with Crippen LogP contribution in [0.1, 0.15) is 19.3 Å². The first kappa shape index (κ1) is 20.9. The summed E-state index contributed by atoms with van der Waals surface area (Å²) in [4.78, 5) is 24.1. The highest BCUT2D eigenvalue weighted by Crippen LogP contribution is 2.29. The lowest BCUT2D eigenvalue weighted by molar-refractivity contribution is -0.134. The smallest absolute Gasteiger partial charge is 0.328 e. The number of aromatic nitrogens is 2. The first-order chi connectivity index (χ1) is 13.9. The molecule has 2 atom stereocenters. The van der Waals surface area contributed by atoms with Crippen molar-refractivity contribution in [3.63, 3.8) is 0 Å². The van der Waals surface area contributed by atoms with Gasteiger partial charge in [0.05, 0.1) is 5.69 Å². The zero-order valence-corrected chi connectivity index (χ0v) is 17.0. The second-order valence-electron chi connectivity index (χ2n) is 7.11. The van der Waals surface area contributed by atoms with Crippen molar-refractivity contribution < 1.29 is 19.8 Å². The zero-order valence-electron chi connectivity index (χ0n) is 16.1. The Morgan fingerprint density at radius 2 is 1.72 bits per heavy atom. The maximum atomic E-state index is 9.55. The summed E-state index contributed by atoms with van der Waals surface area (Å²) in [7, 11) is 2.27. The minimum Gasteiger partial charge on any atom is -0.478 e. The van der Waals surface area contributed by atoms with E-state index in [0.29, 0.717) is 24.2 Å². The number of fused-ring (bicyclic) bond motifs is 2. The van der Waals surface area contributed by atoms with Crippen molar-refractivity contribution >= 4 is 29.1 Å². The van der Waals surface area contributed by atoms with E-state index in [4.69, 9.17) is 10.2 Å². The summed E-state index contributed by atoms with van der Waals surface area (Å²) < 4.78 is 0. The number of piperazine rings is 1. The van der Waals surface area contributed by atoms with Gasteiger partial charge in [-0.1, -0.05) is 6.42 Å². The van der Waals surface area contributed by atoms with Crippen LogP contribution in [0.15, 0.2) is 41.1 Å². The van der Waals surface area contributed by atoms with Gasteiger partial charge in [0.2, 0.25) is 0 Å². The molecule has 2 saturated heterocycles. The number of hydrogen-bond donors (Lipinski definition) is 2. The Bertz CT molecular complexity index is 824. The lowest BCUT2D eigenvalue weighted by atomic mass is 9.92. The summed E-state index contributed by atoms with van der Waals surface area (Å²) in [6, 6.07) is 7.67. The third-order valence-corrected chi connectivity index (χ3v) is 5.93. The fourth-order valence-electron chi connectivity index (χ4n) is 3.71. The number of hydrogen-bond acceptors (Lipinski definition) is 7. The van der Waals surface area contributed by atoms with Crippen LogP contribution < -0.4 is 4.90 Å². The molecule has 0 amide bonds. The fraction of sp³-hybridized carbons (Fsp3) is 0.400. The van der Waals surface area contributed by atoms with Gasteiger partial charge in [-0.3, -0.25) is 4.90 Å². The molecule has 2 unspecified atom stereocenters. The molecule has 29 heavy (non-hydrogen) atoms. The zero-order chi connectivity index (χ0) is 20.8. The van der Waals surface area contributed by atoms with Crippen molar-refractivity contribution in [2.45, 2.75) is 31.3 Å². The van der Waals surface area contributed by atoms with Crippen molar-refractivity contribution in [1.29, 1.82) is 0 Å². The predicted molar refractivity (Wildman–Crippen MR) is 111 cm³/mol. The molecule has 4 rings (SSSR count). The van der Waals surface area contributed by atoms with Crippen molar-refractivity contribution in [1.82, 2.24) is 15.1 Å². The minimum absolute atomic E-state index is 0.558. The van der Waals surface area contributed by atoms with Gasteiger partial charge >= 0.3 is 11.9 Å². The van der Waals surface area contributed by atoms with E-state index < -0.39 is 11.9 Å². The maximum Gasteiger partial charge on any atom is 0.328 e. The van der Waals surface area contributed by atoms with Crippen LogP contribution in [-0.2, 0) is 9.59 Å². The third kappa shape index (κ3) is 5.61. The van der Waals surface area contributed by atoms with Crippen LogP contribution in [0.2, 0.25) is 0 Å². The van der Waals surface area contributed by atoms with Gasteiger partial charge in [0.25, 0.3) is 0 Å². The SMILES string of the molecule is CN1C2CCCC1CN(c1ccc(-c3ccsc3)nn1)C2.O=C(O)/C=C/C(=O)O. The molecule has 2 aliphatic heterocycles. The van der Waals surface area contributed by atoms with E-state index in [-0.39, 0.29) is 0 Å². The Balaban J connectivity index is 0.000000258. The first-order valence-electron chi connectivity index (χ1n) is 9.41. The Morgan fingerprint density at radius 3 is 2.21 bits per heavy atom. The summed E-state index contributed by atoms with van der Waals surface area (Å²) in [6.45, 7) is 2.17. The molecule has 8 nitrogen and oxygen atoms in total. The topological polar surface area (TPSA) is 107 Å². The monoisotopic (exact) mass is 416 g/mol. The Morgan fingerprint density at radius 1 is 1.07 bits per heavy atom. The Hall–Kier alpha value is -2.78. The van der Waals surface area contributed by atoms with Gasteiger partial charge < -0.3 is 15.1 Å². The lowest BCUT2D eigenvalue weighted by Crippen LogP contribution is -2.59. The van der Waals surface area contributed by atoms with Crippen molar-refractivity contribution in [3.8, 4) is 11.3 Å². The highest BCUT2D eigenvalue weighted by molar-refractivity contribution is 7.08. The number of nitrogens with zero attached hydrogens (tertiary/aromatic N) is 4. The van der Waals surface area contributed by atoms with Crippen LogP contribution in [0, 0.1) is 0 Å². The van der Waals surface area contributed by atoms with Crippen molar-refractivity contribution in [3.05, 3.63) is 41.1 Å². The van der Waals surface area contributed by atoms with Crippen LogP contribution in [0.4, 0.5) is 5.82 Å². The molecule has 2 aromatic heterocycles. The van der Waals surface area contributed by atoms with Gasteiger partial charge in [0.1, 0.15) is 0 Å². The molecule has 2 aromatic rings. The number of carbonyl (C=O) groups is 2. The van der Waals surface area contributed by atoms with Gasteiger partial charge in [0, 0.05) is 48.3 Å². The van der Waals surface area contributed by atoms with Crippen molar-refractivity contribution in [2.24, 2.45) is 0 Å². The number of anilines is 1. The van der Waals surface area contributed by atoms with E-state index in [1.54, 1.807) is 11.3 Å². The van der Waals surface area contributed by atoms with E-state index in [9.17, 15) is 9.59 Å². The molecule has 2 bridgehead atoms. The van der Waals surface area contributed by atoms with Gasteiger partial charge in [-0.25, -0.2) is 9.59 Å². The summed E-state index contributed by atoms with van der Waals surface area (Å²) in [5.74, 6) is -1.49. The minimum atomic E-state index is -1.26. The second-order valence-corrected chi connectivity index (χ2v) is 7.89. The van der Waals surface area contributed by atoms with Crippen LogP contribution in [0.3, 0.4) is 0 Å². The molecule has 2 fully saturated rings. The molecular weight excluding hydrogens is 392 g/mol. The largest absolute Gasteiger partial charge is 0.478 e. The average molecular weight is 417 g/mol. The van der Waals surface area contributed by atoms with Crippen LogP contribution in [0.5, 0.6) is 0 Å². The van der Waals surface area contributed by atoms with E-state index in [1.165, 1.54) is 19.3 Å². The summed E-state index contributed by atoms with van der Waals surface area (Å²) in [5, 5.41) is 28.7. The van der Waals surface area contributed by atoms with Gasteiger partial charge in [0.15, 0.2) is 5.82 Å². The maximum absolute atomic E-state index is 9.55. The number of rotatable bonds is 4. The van der Waals surface area contributed by atoms with Crippen LogP contribution in [-0.4, -0.2) is 69.5 Å². The summed E-state index contributed by atoms with van der Waals surface area (Å²) in [5.41, 5.74) is 2.13. The molecule has 0 spiro atoms. The number of likely N-dealkylation sites (N-methyl/N-ethyl adjacent to an activating group) is 1. The number of aliphatic carboxylic acids is 2. The highest BCUT2D eigenvalue weighted by Gasteiger charge is 2.35. The van der Waals surface area contributed by atoms with Crippen LogP contribution >= 0.6 is 11.3 Å². The Kier molecular flexibility index (Phi) is 6.95. The molecule has 0 saturated carbocycles.